The molecule has 1 atom stereocenters. The van der Waals surface area contributed by atoms with E-state index in [4.69, 9.17) is 5.11 Å². The molecule has 6 heteroatoms. The van der Waals surface area contributed by atoms with Crippen molar-refractivity contribution in [1.29, 1.82) is 0 Å². The van der Waals surface area contributed by atoms with Crippen LogP contribution in [-0.4, -0.2) is 42.5 Å². The zero-order valence-corrected chi connectivity index (χ0v) is 11.1. The summed E-state index contributed by atoms with van der Waals surface area (Å²) in [4.78, 5) is 24.8. The third-order valence-corrected chi connectivity index (χ3v) is 3.32. The highest BCUT2D eigenvalue weighted by Crippen LogP contribution is 2.22. The summed E-state index contributed by atoms with van der Waals surface area (Å²) in [5.41, 5.74) is 0. The van der Waals surface area contributed by atoms with Crippen molar-refractivity contribution in [1.82, 2.24) is 10.2 Å². The molecule has 98 valence electrons. The number of aliphatic carboxylic acids is 1. The van der Waals surface area contributed by atoms with Gasteiger partial charge in [-0.25, -0.2) is 4.79 Å². The molecular formula is C12H16N2O3S. The van der Waals surface area contributed by atoms with E-state index in [0.29, 0.717) is 6.54 Å². The monoisotopic (exact) mass is 268 g/mol. The molecule has 0 saturated heterocycles. The largest absolute Gasteiger partial charge is 0.478 e. The average Bonchev–Trinajstić information content (AvgIpc) is 2.79. The fourth-order valence-electron chi connectivity index (χ4n) is 1.42. The lowest BCUT2D eigenvalue weighted by atomic mass is 10.2. The first-order chi connectivity index (χ1) is 8.50. The first-order valence-electron chi connectivity index (χ1n) is 5.39. The van der Waals surface area contributed by atoms with Crippen LogP contribution >= 0.6 is 11.3 Å². The first-order valence-corrected chi connectivity index (χ1v) is 6.27. The third kappa shape index (κ3) is 4.68. The van der Waals surface area contributed by atoms with E-state index in [-0.39, 0.29) is 6.04 Å². The lowest BCUT2D eigenvalue weighted by Crippen LogP contribution is -2.33. The maximum absolute atomic E-state index is 11.4. The van der Waals surface area contributed by atoms with Gasteiger partial charge in [-0.2, -0.15) is 0 Å². The number of likely N-dealkylation sites (N-methyl/N-ethyl adjacent to an activating group) is 1. The molecule has 1 unspecified atom stereocenters. The van der Waals surface area contributed by atoms with Gasteiger partial charge in [0, 0.05) is 23.6 Å². The number of carbonyl (C=O) groups excluding carboxylic acids is 1. The van der Waals surface area contributed by atoms with Gasteiger partial charge in [-0.1, -0.05) is 6.07 Å². The van der Waals surface area contributed by atoms with Crippen molar-refractivity contribution in [3.63, 3.8) is 0 Å². The predicted octanol–water partition coefficient (Wildman–Crippen LogP) is 1.11. The molecule has 0 aromatic carbocycles. The third-order valence-electron chi connectivity index (χ3n) is 2.34. The number of nitrogens with one attached hydrogen (secondary N) is 1. The molecule has 5 nitrogen and oxygen atoms in total. The topological polar surface area (TPSA) is 69.6 Å². The highest BCUT2D eigenvalue weighted by atomic mass is 32.1. The lowest BCUT2D eigenvalue weighted by Gasteiger charge is -2.23. The Morgan fingerprint density at radius 2 is 2.22 bits per heavy atom. The summed E-state index contributed by atoms with van der Waals surface area (Å²) in [6.07, 6.45) is 1.84. The number of rotatable bonds is 6. The van der Waals surface area contributed by atoms with E-state index in [1.54, 1.807) is 11.3 Å². The molecule has 0 saturated carbocycles. The van der Waals surface area contributed by atoms with E-state index in [0.717, 1.165) is 17.0 Å². The van der Waals surface area contributed by atoms with Gasteiger partial charge >= 0.3 is 5.97 Å². The molecule has 0 aliphatic rings. The quantitative estimate of drug-likeness (QED) is 0.758. The Labute approximate surface area is 110 Å². The minimum atomic E-state index is -1.13. The first kappa shape index (κ1) is 14.4. The van der Waals surface area contributed by atoms with Crippen LogP contribution in [0.5, 0.6) is 0 Å². The number of amides is 1. The maximum atomic E-state index is 11.4. The molecule has 18 heavy (non-hydrogen) atoms. The van der Waals surface area contributed by atoms with Gasteiger partial charge < -0.3 is 15.3 Å². The molecule has 0 fully saturated rings. The molecule has 2 N–H and O–H groups in total. The van der Waals surface area contributed by atoms with Gasteiger partial charge in [-0.05, 0) is 25.5 Å². The smallest absolute Gasteiger partial charge is 0.328 e. The van der Waals surface area contributed by atoms with E-state index in [1.165, 1.54) is 0 Å². The molecule has 0 bridgehead atoms. The van der Waals surface area contributed by atoms with Gasteiger partial charge in [0.15, 0.2) is 0 Å². The number of nitrogens with zero attached hydrogens (tertiary/aromatic N) is 1. The van der Waals surface area contributed by atoms with E-state index in [1.807, 2.05) is 36.5 Å². The highest BCUT2D eigenvalue weighted by molar-refractivity contribution is 7.10. The highest BCUT2D eigenvalue weighted by Gasteiger charge is 2.15. The zero-order valence-electron chi connectivity index (χ0n) is 10.3. The summed E-state index contributed by atoms with van der Waals surface area (Å²) in [5.74, 6) is -1.53. The van der Waals surface area contributed by atoms with Crippen molar-refractivity contribution < 1.29 is 14.7 Å². The van der Waals surface area contributed by atoms with Crippen LogP contribution in [0.15, 0.2) is 29.7 Å². The Bertz CT molecular complexity index is 427. The van der Waals surface area contributed by atoms with Gasteiger partial charge in [-0.3, -0.25) is 4.79 Å². The van der Waals surface area contributed by atoms with Crippen LogP contribution in [0.4, 0.5) is 0 Å². The lowest BCUT2D eigenvalue weighted by molar-refractivity contribution is -0.131. The van der Waals surface area contributed by atoms with E-state index in [9.17, 15) is 9.59 Å². The van der Waals surface area contributed by atoms with Crippen molar-refractivity contribution in [3.05, 3.63) is 34.5 Å². The summed E-state index contributed by atoms with van der Waals surface area (Å²) < 4.78 is 0. The van der Waals surface area contributed by atoms with E-state index in [2.05, 4.69) is 5.32 Å². The van der Waals surface area contributed by atoms with Gasteiger partial charge in [-0.15, -0.1) is 11.3 Å². The fourth-order valence-corrected chi connectivity index (χ4v) is 2.34. The van der Waals surface area contributed by atoms with E-state index < -0.39 is 11.9 Å². The minimum Gasteiger partial charge on any atom is -0.478 e. The number of carbonyl (C=O) groups is 2. The second kappa shape index (κ2) is 6.93. The standard InChI is InChI=1S/C12H16N2O3S/c1-14(2)9(10-4-3-7-18-10)8-13-11(15)5-6-12(16)17/h3-7,9H,8H2,1-2H3,(H,13,15)(H,16,17)/b6-5+. The van der Waals surface area contributed by atoms with Crippen LogP contribution in [-0.2, 0) is 9.59 Å². The van der Waals surface area contributed by atoms with Crippen LogP contribution in [0, 0.1) is 0 Å². The van der Waals surface area contributed by atoms with Crippen LogP contribution in [0.25, 0.3) is 0 Å². The van der Waals surface area contributed by atoms with Gasteiger partial charge in [0.05, 0.1) is 6.04 Å². The summed E-state index contributed by atoms with van der Waals surface area (Å²) in [6, 6.07) is 4.06. The zero-order chi connectivity index (χ0) is 13.5. The Morgan fingerprint density at radius 3 is 2.72 bits per heavy atom. The Kier molecular flexibility index (Phi) is 5.54. The molecule has 1 aromatic heterocycles. The SMILES string of the molecule is CN(C)C(CNC(=O)/C=C/C(=O)O)c1cccs1. The summed E-state index contributed by atoms with van der Waals surface area (Å²) in [5, 5.41) is 13.1. The van der Waals surface area contributed by atoms with Gasteiger partial charge in [0.2, 0.25) is 5.91 Å². The van der Waals surface area contributed by atoms with E-state index >= 15 is 0 Å². The molecule has 0 radical (unpaired) electrons. The van der Waals surface area contributed by atoms with Gasteiger partial charge in [0.1, 0.15) is 0 Å². The molecular weight excluding hydrogens is 252 g/mol. The minimum absolute atomic E-state index is 0.0900. The fraction of sp³-hybridized carbons (Fsp3) is 0.333. The van der Waals surface area contributed by atoms with Crippen LogP contribution in [0.2, 0.25) is 0 Å². The molecule has 1 rings (SSSR count). The van der Waals surface area contributed by atoms with Crippen molar-refractivity contribution in [2.24, 2.45) is 0 Å². The average molecular weight is 268 g/mol. The van der Waals surface area contributed by atoms with Crippen molar-refractivity contribution in [3.8, 4) is 0 Å². The molecule has 0 spiro atoms. The van der Waals surface area contributed by atoms with Crippen molar-refractivity contribution in [2.75, 3.05) is 20.6 Å². The molecule has 1 amide bonds. The normalized spacial score (nSPS) is 12.8. The van der Waals surface area contributed by atoms with Crippen molar-refractivity contribution >= 4 is 23.2 Å². The molecule has 1 heterocycles. The van der Waals surface area contributed by atoms with Crippen LogP contribution < -0.4 is 5.32 Å². The summed E-state index contributed by atoms with van der Waals surface area (Å²) in [7, 11) is 3.87. The molecule has 1 aromatic rings. The molecule has 0 aliphatic heterocycles. The van der Waals surface area contributed by atoms with Crippen LogP contribution in [0.1, 0.15) is 10.9 Å². The number of carboxylic acids is 1. The van der Waals surface area contributed by atoms with Crippen molar-refractivity contribution in [2.45, 2.75) is 6.04 Å². The number of hydrogen-bond acceptors (Lipinski definition) is 4. The Balaban J connectivity index is 2.54. The second-order valence-electron chi connectivity index (χ2n) is 3.91. The Morgan fingerprint density at radius 1 is 1.50 bits per heavy atom. The maximum Gasteiger partial charge on any atom is 0.328 e. The molecule has 0 aliphatic carbocycles. The van der Waals surface area contributed by atoms with Gasteiger partial charge in [0.25, 0.3) is 0 Å². The predicted molar refractivity (Wildman–Crippen MR) is 70.5 cm³/mol. The second-order valence-corrected chi connectivity index (χ2v) is 4.89. The summed E-state index contributed by atoms with van der Waals surface area (Å²) >= 11 is 1.62. The Hall–Kier alpha value is -1.66. The number of thiophene rings is 1. The number of hydrogen-bond donors (Lipinski definition) is 2. The number of carboxylic acid groups (broad SMARTS) is 1. The summed E-state index contributed by atoms with van der Waals surface area (Å²) in [6.45, 7) is 0.441. The van der Waals surface area contributed by atoms with Crippen LogP contribution in [0.3, 0.4) is 0 Å².